The summed E-state index contributed by atoms with van der Waals surface area (Å²) in [5.41, 5.74) is 10.5. The van der Waals surface area contributed by atoms with Crippen molar-refractivity contribution < 1.29 is 4.74 Å². The first-order chi connectivity index (χ1) is 9.57. The van der Waals surface area contributed by atoms with Gasteiger partial charge < -0.3 is 10.5 Å². The summed E-state index contributed by atoms with van der Waals surface area (Å²) in [4.78, 5) is 0. The molecule has 2 rings (SSSR count). The van der Waals surface area contributed by atoms with Gasteiger partial charge in [-0.1, -0.05) is 43.9 Å². The third-order valence-corrected chi connectivity index (χ3v) is 5.06. The second-order valence-corrected chi connectivity index (χ2v) is 6.41. The van der Waals surface area contributed by atoms with E-state index in [1.54, 1.807) is 0 Å². The number of nitrogens with two attached hydrogens (primary N) is 1. The highest BCUT2D eigenvalue weighted by Crippen LogP contribution is 2.33. The maximum Gasteiger partial charge on any atom is 0.0832 e. The molecule has 0 spiro atoms. The van der Waals surface area contributed by atoms with Gasteiger partial charge in [0.05, 0.1) is 5.60 Å². The van der Waals surface area contributed by atoms with Crippen LogP contribution in [-0.2, 0) is 11.2 Å². The van der Waals surface area contributed by atoms with Crippen LogP contribution in [0.4, 0.5) is 0 Å². The molecule has 1 aromatic rings. The SMILES string of the molecule is COC1(C(N)Cc2ccc(C)c(C)c2)CCCCCC1. The van der Waals surface area contributed by atoms with Crippen LogP contribution < -0.4 is 5.73 Å². The highest BCUT2D eigenvalue weighted by molar-refractivity contribution is 5.30. The van der Waals surface area contributed by atoms with E-state index in [-0.39, 0.29) is 11.6 Å². The molecule has 1 atom stereocenters. The molecule has 1 unspecified atom stereocenters. The van der Waals surface area contributed by atoms with Crippen molar-refractivity contribution in [2.24, 2.45) is 5.73 Å². The first kappa shape index (κ1) is 15.5. The van der Waals surface area contributed by atoms with Crippen LogP contribution in [0.2, 0.25) is 0 Å². The van der Waals surface area contributed by atoms with Crippen molar-refractivity contribution >= 4 is 0 Å². The summed E-state index contributed by atoms with van der Waals surface area (Å²) in [6, 6.07) is 6.77. The molecule has 0 saturated heterocycles. The Morgan fingerprint density at radius 2 is 1.75 bits per heavy atom. The zero-order valence-electron chi connectivity index (χ0n) is 13.2. The van der Waals surface area contributed by atoms with Crippen molar-refractivity contribution in [3.8, 4) is 0 Å². The smallest absolute Gasteiger partial charge is 0.0832 e. The summed E-state index contributed by atoms with van der Waals surface area (Å²) in [7, 11) is 1.84. The number of ether oxygens (including phenoxy) is 1. The molecule has 1 aliphatic rings. The fraction of sp³-hybridized carbons (Fsp3) is 0.667. The summed E-state index contributed by atoms with van der Waals surface area (Å²) in [6.45, 7) is 4.32. The molecule has 1 saturated carbocycles. The van der Waals surface area contributed by atoms with Crippen LogP contribution in [0, 0.1) is 13.8 Å². The summed E-state index contributed by atoms with van der Waals surface area (Å²) < 4.78 is 5.92. The van der Waals surface area contributed by atoms with Gasteiger partial charge in [-0.2, -0.15) is 0 Å². The van der Waals surface area contributed by atoms with Crippen LogP contribution in [0.25, 0.3) is 0 Å². The normalized spacial score (nSPS) is 20.4. The van der Waals surface area contributed by atoms with Crippen molar-refractivity contribution in [3.63, 3.8) is 0 Å². The van der Waals surface area contributed by atoms with Crippen LogP contribution in [0.15, 0.2) is 18.2 Å². The van der Waals surface area contributed by atoms with E-state index < -0.39 is 0 Å². The highest BCUT2D eigenvalue weighted by Gasteiger charge is 2.36. The molecule has 2 heteroatoms. The standard InChI is InChI=1S/C18H29NO/c1-14-8-9-16(12-15(14)2)13-17(19)18(20-3)10-6-4-5-7-11-18/h8-9,12,17H,4-7,10-11,13,19H2,1-3H3. The van der Waals surface area contributed by atoms with E-state index >= 15 is 0 Å². The number of hydrogen-bond acceptors (Lipinski definition) is 2. The Balaban J connectivity index is 2.11. The average molecular weight is 275 g/mol. The van der Waals surface area contributed by atoms with Crippen LogP contribution in [0.1, 0.15) is 55.2 Å². The lowest BCUT2D eigenvalue weighted by atomic mass is 9.83. The predicted molar refractivity (Wildman–Crippen MR) is 85.0 cm³/mol. The first-order valence-corrected chi connectivity index (χ1v) is 7.94. The molecule has 20 heavy (non-hydrogen) atoms. The molecule has 112 valence electrons. The third kappa shape index (κ3) is 3.42. The van der Waals surface area contributed by atoms with Crippen LogP contribution in [0.5, 0.6) is 0 Å². The van der Waals surface area contributed by atoms with Crippen molar-refractivity contribution in [1.82, 2.24) is 0 Å². The second kappa shape index (κ2) is 6.73. The van der Waals surface area contributed by atoms with Gasteiger partial charge in [-0.15, -0.1) is 0 Å². The fourth-order valence-corrected chi connectivity index (χ4v) is 3.42. The van der Waals surface area contributed by atoms with E-state index in [2.05, 4.69) is 32.0 Å². The molecule has 0 bridgehead atoms. The number of benzene rings is 1. The molecular weight excluding hydrogens is 246 g/mol. The van der Waals surface area contributed by atoms with Gasteiger partial charge in [-0.25, -0.2) is 0 Å². The van der Waals surface area contributed by atoms with Gasteiger partial charge in [0.2, 0.25) is 0 Å². The van der Waals surface area contributed by atoms with Crippen molar-refractivity contribution in [2.75, 3.05) is 7.11 Å². The minimum atomic E-state index is -0.116. The summed E-state index contributed by atoms with van der Waals surface area (Å²) in [6.07, 6.45) is 8.26. The monoisotopic (exact) mass is 275 g/mol. The topological polar surface area (TPSA) is 35.2 Å². The molecule has 1 aliphatic carbocycles. The van der Waals surface area contributed by atoms with Gasteiger partial charge in [0.15, 0.2) is 0 Å². The lowest BCUT2D eigenvalue weighted by Crippen LogP contribution is -2.50. The van der Waals surface area contributed by atoms with Gasteiger partial charge in [0, 0.05) is 13.2 Å². The minimum Gasteiger partial charge on any atom is -0.377 e. The number of aryl methyl sites for hydroxylation is 2. The van der Waals surface area contributed by atoms with Gasteiger partial charge in [-0.05, 0) is 49.8 Å². The van der Waals surface area contributed by atoms with Crippen LogP contribution >= 0.6 is 0 Å². The lowest BCUT2D eigenvalue weighted by Gasteiger charge is -2.37. The molecular formula is C18H29NO. The van der Waals surface area contributed by atoms with Crippen molar-refractivity contribution in [2.45, 2.75) is 70.4 Å². The minimum absolute atomic E-state index is 0.0905. The van der Waals surface area contributed by atoms with E-state index in [9.17, 15) is 0 Å². The molecule has 1 aromatic carbocycles. The van der Waals surface area contributed by atoms with Crippen molar-refractivity contribution in [3.05, 3.63) is 34.9 Å². The lowest BCUT2D eigenvalue weighted by molar-refractivity contribution is -0.0430. The number of hydrogen-bond donors (Lipinski definition) is 1. The highest BCUT2D eigenvalue weighted by atomic mass is 16.5. The Labute approximate surface area is 123 Å². The van der Waals surface area contributed by atoms with E-state index in [1.807, 2.05) is 7.11 Å². The Morgan fingerprint density at radius 1 is 1.10 bits per heavy atom. The Bertz CT molecular complexity index is 433. The van der Waals surface area contributed by atoms with Crippen LogP contribution in [0.3, 0.4) is 0 Å². The van der Waals surface area contributed by atoms with Crippen molar-refractivity contribution in [1.29, 1.82) is 0 Å². The summed E-state index contributed by atoms with van der Waals surface area (Å²) >= 11 is 0. The Kier molecular flexibility index (Phi) is 5.22. The second-order valence-electron chi connectivity index (χ2n) is 6.41. The molecule has 0 aliphatic heterocycles. The van der Waals surface area contributed by atoms with Gasteiger partial charge in [0.25, 0.3) is 0 Å². The molecule has 2 N–H and O–H groups in total. The van der Waals surface area contributed by atoms with E-state index in [0.29, 0.717) is 0 Å². The summed E-state index contributed by atoms with van der Waals surface area (Å²) in [5.74, 6) is 0. The average Bonchev–Trinajstić information content (AvgIpc) is 2.69. The van der Waals surface area contributed by atoms with E-state index in [0.717, 1.165) is 19.3 Å². The zero-order chi connectivity index (χ0) is 14.6. The zero-order valence-corrected chi connectivity index (χ0v) is 13.2. The molecule has 1 fully saturated rings. The van der Waals surface area contributed by atoms with Gasteiger partial charge in [0.1, 0.15) is 0 Å². The predicted octanol–water partition coefficient (Wildman–Crippen LogP) is 3.91. The van der Waals surface area contributed by atoms with E-state index in [4.69, 9.17) is 10.5 Å². The molecule has 0 radical (unpaired) electrons. The van der Waals surface area contributed by atoms with Crippen LogP contribution in [-0.4, -0.2) is 18.8 Å². The fourth-order valence-electron chi connectivity index (χ4n) is 3.42. The quantitative estimate of drug-likeness (QED) is 0.845. The third-order valence-electron chi connectivity index (χ3n) is 5.06. The van der Waals surface area contributed by atoms with Gasteiger partial charge >= 0.3 is 0 Å². The Hall–Kier alpha value is -0.860. The number of methoxy groups -OCH3 is 1. The summed E-state index contributed by atoms with van der Waals surface area (Å²) in [5, 5.41) is 0. The molecule has 0 amide bonds. The first-order valence-electron chi connectivity index (χ1n) is 7.94. The molecule has 2 nitrogen and oxygen atoms in total. The maximum atomic E-state index is 6.56. The molecule has 0 heterocycles. The largest absolute Gasteiger partial charge is 0.377 e. The number of rotatable bonds is 4. The maximum absolute atomic E-state index is 6.56. The van der Waals surface area contributed by atoms with Gasteiger partial charge in [-0.3, -0.25) is 0 Å². The van der Waals surface area contributed by atoms with E-state index in [1.165, 1.54) is 42.4 Å². The Morgan fingerprint density at radius 3 is 2.30 bits per heavy atom. The molecule has 0 aromatic heterocycles.